The minimum absolute atomic E-state index is 0.177. The number of anilines is 1. The molecule has 1 aliphatic carbocycles. The van der Waals surface area contributed by atoms with Crippen molar-refractivity contribution in [2.24, 2.45) is 0 Å². The zero-order valence-corrected chi connectivity index (χ0v) is 8.86. The van der Waals surface area contributed by atoms with Crippen molar-refractivity contribution in [1.82, 2.24) is 10.3 Å². The largest absolute Gasteiger partial charge is 0.338 e. The van der Waals surface area contributed by atoms with Gasteiger partial charge in [-0.05, 0) is 19.8 Å². The lowest BCUT2D eigenvalue weighted by Gasteiger charge is -2.00. The summed E-state index contributed by atoms with van der Waals surface area (Å²) in [5.41, 5.74) is 1.13. The zero-order chi connectivity index (χ0) is 9.97. The van der Waals surface area contributed by atoms with Gasteiger partial charge < -0.3 is 5.32 Å². The molecule has 0 radical (unpaired) electrons. The molecule has 1 heterocycles. The van der Waals surface area contributed by atoms with Crippen LogP contribution in [0.1, 0.15) is 31.4 Å². The quantitative estimate of drug-likeness (QED) is 0.805. The Hall–Kier alpha value is -1.10. The van der Waals surface area contributed by atoms with Crippen molar-refractivity contribution < 1.29 is 4.79 Å². The number of hydrogen-bond acceptors (Lipinski definition) is 3. The van der Waals surface area contributed by atoms with Crippen LogP contribution in [0.5, 0.6) is 0 Å². The molecule has 1 aliphatic rings. The summed E-state index contributed by atoms with van der Waals surface area (Å²) in [7, 11) is 0. The van der Waals surface area contributed by atoms with Gasteiger partial charge in [0.05, 0.1) is 5.69 Å². The summed E-state index contributed by atoms with van der Waals surface area (Å²) < 4.78 is 0. The van der Waals surface area contributed by atoms with Gasteiger partial charge in [0.15, 0.2) is 5.13 Å². The average molecular weight is 211 g/mol. The standard InChI is InChI=1S/C9H13N3OS/c1-2-10-8(13)12-9-11-7(5-14-9)6-3-4-6/h5-6H,2-4H2,1H3,(H2,10,11,12,13). The maximum atomic E-state index is 11.2. The third kappa shape index (κ3) is 2.23. The number of urea groups is 1. The molecule has 1 aromatic heterocycles. The molecule has 0 spiro atoms. The Morgan fingerprint density at radius 1 is 1.71 bits per heavy atom. The van der Waals surface area contributed by atoms with E-state index in [0.717, 1.165) is 5.69 Å². The molecule has 0 unspecified atom stereocenters. The van der Waals surface area contributed by atoms with Gasteiger partial charge in [0.2, 0.25) is 0 Å². The fourth-order valence-corrected chi connectivity index (χ4v) is 2.00. The summed E-state index contributed by atoms with van der Waals surface area (Å²) in [6, 6.07) is -0.177. The normalized spacial score (nSPS) is 15.2. The maximum absolute atomic E-state index is 11.2. The van der Waals surface area contributed by atoms with Gasteiger partial charge in [0.1, 0.15) is 0 Å². The van der Waals surface area contributed by atoms with Crippen LogP contribution in [0, 0.1) is 0 Å². The van der Waals surface area contributed by atoms with E-state index in [2.05, 4.69) is 15.6 Å². The van der Waals surface area contributed by atoms with Crippen molar-refractivity contribution in [3.05, 3.63) is 11.1 Å². The minimum atomic E-state index is -0.177. The summed E-state index contributed by atoms with van der Waals surface area (Å²) >= 11 is 1.49. The highest BCUT2D eigenvalue weighted by Crippen LogP contribution is 2.40. The van der Waals surface area contributed by atoms with E-state index in [1.807, 2.05) is 12.3 Å². The molecule has 0 aliphatic heterocycles. The molecule has 76 valence electrons. The molecule has 1 aromatic rings. The van der Waals surface area contributed by atoms with Gasteiger partial charge in [-0.3, -0.25) is 5.32 Å². The molecule has 0 saturated heterocycles. The van der Waals surface area contributed by atoms with E-state index in [1.54, 1.807) is 0 Å². The first-order valence-electron chi connectivity index (χ1n) is 4.80. The highest BCUT2D eigenvalue weighted by molar-refractivity contribution is 7.13. The summed E-state index contributed by atoms with van der Waals surface area (Å²) in [5.74, 6) is 0.649. The molecule has 2 amide bonds. The first-order valence-corrected chi connectivity index (χ1v) is 5.68. The average Bonchev–Trinajstić information content (AvgIpc) is 2.89. The first-order chi connectivity index (χ1) is 6.79. The number of nitrogens with one attached hydrogen (secondary N) is 2. The second-order valence-corrected chi connectivity index (χ2v) is 4.19. The van der Waals surface area contributed by atoms with Crippen LogP contribution >= 0.6 is 11.3 Å². The SMILES string of the molecule is CCNC(=O)Nc1nc(C2CC2)cs1. The Labute approximate surface area is 86.7 Å². The van der Waals surface area contributed by atoms with Crippen LogP contribution in [0.4, 0.5) is 9.93 Å². The van der Waals surface area contributed by atoms with Gasteiger partial charge in [-0.15, -0.1) is 11.3 Å². The third-order valence-electron chi connectivity index (χ3n) is 2.08. The topological polar surface area (TPSA) is 54.0 Å². The Balaban J connectivity index is 1.92. The Morgan fingerprint density at radius 2 is 2.50 bits per heavy atom. The maximum Gasteiger partial charge on any atom is 0.321 e. The molecule has 0 atom stereocenters. The lowest BCUT2D eigenvalue weighted by molar-refractivity contribution is 0.252. The second-order valence-electron chi connectivity index (χ2n) is 3.34. The molecule has 1 saturated carbocycles. The van der Waals surface area contributed by atoms with Crippen LogP contribution < -0.4 is 10.6 Å². The second kappa shape index (κ2) is 3.96. The van der Waals surface area contributed by atoms with Crippen molar-refractivity contribution in [1.29, 1.82) is 0 Å². The van der Waals surface area contributed by atoms with Crippen LogP contribution in [-0.4, -0.2) is 17.6 Å². The summed E-state index contributed by atoms with van der Waals surface area (Å²) in [4.78, 5) is 15.5. The molecule has 14 heavy (non-hydrogen) atoms. The van der Waals surface area contributed by atoms with E-state index < -0.39 is 0 Å². The summed E-state index contributed by atoms with van der Waals surface area (Å²) in [6.07, 6.45) is 2.48. The zero-order valence-electron chi connectivity index (χ0n) is 8.04. The van der Waals surface area contributed by atoms with Gasteiger partial charge in [0.25, 0.3) is 0 Å². The fraction of sp³-hybridized carbons (Fsp3) is 0.556. The number of aromatic nitrogens is 1. The van der Waals surface area contributed by atoms with E-state index in [4.69, 9.17) is 0 Å². The van der Waals surface area contributed by atoms with Crippen LogP contribution in [0.3, 0.4) is 0 Å². The fourth-order valence-electron chi connectivity index (χ4n) is 1.21. The van der Waals surface area contributed by atoms with Crippen LogP contribution in [0.25, 0.3) is 0 Å². The number of thiazole rings is 1. The van der Waals surface area contributed by atoms with Crippen molar-refractivity contribution >= 4 is 22.5 Å². The molecule has 2 N–H and O–H groups in total. The molecular formula is C9H13N3OS. The number of amides is 2. The van der Waals surface area contributed by atoms with Crippen LogP contribution in [0.2, 0.25) is 0 Å². The van der Waals surface area contributed by atoms with Crippen LogP contribution in [-0.2, 0) is 0 Å². The van der Waals surface area contributed by atoms with Crippen molar-refractivity contribution in [2.75, 3.05) is 11.9 Å². The predicted molar refractivity (Wildman–Crippen MR) is 56.8 cm³/mol. The van der Waals surface area contributed by atoms with E-state index in [9.17, 15) is 4.79 Å². The highest BCUT2D eigenvalue weighted by atomic mass is 32.1. The first kappa shape index (κ1) is 9.45. The molecule has 5 heteroatoms. The number of carbonyl (C=O) groups is 1. The molecule has 4 nitrogen and oxygen atoms in total. The third-order valence-corrected chi connectivity index (χ3v) is 2.85. The Morgan fingerprint density at radius 3 is 3.14 bits per heavy atom. The van der Waals surface area contributed by atoms with Crippen molar-refractivity contribution in [3.8, 4) is 0 Å². The lowest BCUT2D eigenvalue weighted by atomic mass is 10.3. The Kier molecular flexibility index (Phi) is 2.67. The number of hydrogen-bond donors (Lipinski definition) is 2. The van der Waals surface area contributed by atoms with E-state index in [0.29, 0.717) is 17.6 Å². The van der Waals surface area contributed by atoms with Gasteiger partial charge in [0, 0.05) is 17.8 Å². The molecule has 0 aromatic carbocycles. The highest BCUT2D eigenvalue weighted by Gasteiger charge is 2.26. The molecule has 0 bridgehead atoms. The molecule has 1 fully saturated rings. The van der Waals surface area contributed by atoms with Crippen LogP contribution in [0.15, 0.2) is 5.38 Å². The van der Waals surface area contributed by atoms with E-state index in [1.165, 1.54) is 24.2 Å². The van der Waals surface area contributed by atoms with Gasteiger partial charge >= 0.3 is 6.03 Å². The van der Waals surface area contributed by atoms with Gasteiger partial charge in [-0.1, -0.05) is 0 Å². The summed E-state index contributed by atoms with van der Waals surface area (Å²) in [5, 5.41) is 8.09. The monoisotopic (exact) mass is 211 g/mol. The smallest absolute Gasteiger partial charge is 0.321 e. The molecular weight excluding hydrogens is 198 g/mol. The minimum Gasteiger partial charge on any atom is -0.338 e. The van der Waals surface area contributed by atoms with E-state index >= 15 is 0 Å². The van der Waals surface area contributed by atoms with E-state index in [-0.39, 0.29) is 6.03 Å². The molecule has 2 rings (SSSR count). The van der Waals surface area contributed by atoms with Gasteiger partial charge in [-0.2, -0.15) is 0 Å². The number of rotatable bonds is 3. The lowest BCUT2D eigenvalue weighted by Crippen LogP contribution is -2.28. The number of nitrogens with zero attached hydrogens (tertiary/aromatic N) is 1. The number of carbonyl (C=O) groups excluding carboxylic acids is 1. The van der Waals surface area contributed by atoms with Crippen molar-refractivity contribution in [3.63, 3.8) is 0 Å². The van der Waals surface area contributed by atoms with Crippen molar-refractivity contribution in [2.45, 2.75) is 25.7 Å². The predicted octanol–water partition coefficient (Wildman–Crippen LogP) is 2.16. The summed E-state index contributed by atoms with van der Waals surface area (Å²) in [6.45, 7) is 2.52. The van der Waals surface area contributed by atoms with Gasteiger partial charge in [-0.25, -0.2) is 9.78 Å². The Bertz CT molecular complexity index is 333.